The van der Waals surface area contributed by atoms with E-state index in [-0.39, 0.29) is 11.8 Å². The van der Waals surface area contributed by atoms with Crippen molar-refractivity contribution >= 4 is 22.7 Å². The number of H-pyrrole nitrogens is 1. The van der Waals surface area contributed by atoms with Gasteiger partial charge in [-0.3, -0.25) is 9.59 Å². The van der Waals surface area contributed by atoms with Crippen molar-refractivity contribution in [2.24, 2.45) is 0 Å². The Morgan fingerprint density at radius 2 is 1.96 bits per heavy atom. The fourth-order valence-corrected chi connectivity index (χ4v) is 3.70. The summed E-state index contributed by atoms with van der Waals surface area (Å²) in [5.74, 6) is 0.600. The molecule has 6 heteroatoms. The molecule has 28 heavy (non-hydrogen) atoms. The van der Waals surface area contributed by atoms with Crippen molar-refractivity contribution in [3.05, 3.63) is 54.1 Å². The lowest BCUT2D eigenvalue weighted by atomic mass is 10.0. The van der Waals surface area contributed by atoms with Gasteiger partial charge in [0.25, 0.3) is 0 Å². The van der Waals surface area contributed by atoms with E-state index >= 15 is 0 Å². The molecule has 0 spiro atoms. The lowest BCUT2D eigenvalue weighted by Crippen LogP contribution is -2.40. The normalized spacial score (nSPS) is 16.2. The first-order chi connectivity index (χ1) is 13.7. The molecule has 6 nitrogen and oxygen atoms in total. The lowest BCUT2D eigenvalue weighted by Gasteiger charge is -2.10. The minimum atomic E-state index is -0.406. The number of amides is 2. The summed E-state index contributed by atoms with van der Waals surface area (Å²) in [6.45, 7) is 0.619. The second kappa shape index (κ2) is 7.76. The number of hydrogen-bond donors (Lipinski definition) is 3. The van der Waals surface area contributed by atoms with Crippen molar-refractivity contribution in [3.8, 4) is 17.0 Å². The largest absolute Gasteiger partial charge is 0.497 e. The van der Waals surface area contributed by atoms with Crippen molar-refractivity contribution in [2.75, 3.05) is 13.7 Å². The van der Waals surface area contributed by atoms with Gasteiger partial charge in [-0.15, -0.1) is 0 Å². The number of hydrogen-bond acceptors (Lipinski definition) is 3. The van der Waals surface area contributed by atoms with Gasteiger partial charge in [0, 0.05) is 29.6 Å². The van der Waals surface area contributed by atoms with Crippen LogP contribution in [0, 0.1) is 0 Å². The minimum Gasteiger partial charge on any atom is -0.497 e. The summed E-state index contributed by atoms with van der Waals surface area (Å²) in [5.41, 5.74) is 4.20. The average Bonchev–Trinajstić information content (AvgIpc) is 3.30. The summed E-state index contributed by atoms with van der Waals surface area (Å²) >= 11 is 0. The van der Waals surface area contributed by atoms with Crippen LogP contribution in [0.25, 0.3) is 22.2 Å². The maximum Gasteiger partial charge on any atom is 0.242 e. The second-order valence-corrected chi connectivity index (χ2v) is 6.95. The number of aromatic amines is 1. The summed E-state index contributed by atoms with van der Waals surface area (Å²) in [7, 11) is 1.65. The van der Waals surface area contributed by atoms with Crippen molar-refractivity contribution in [2.45, 2.75) is 25.3 Å². The molecule has 1 unspecified atom stereocenters. The Bertz CT molecular complexity index is 1010. The van der Waals surface area contributed by atoms with Gasteiger partial charge in [-0.25, -0.2) is 0 Å². The predicted molar refractivity (Wildman–Crippen MR) is 108 cm³/mol. The fraction of sp³-hybridized carbons (Fsp3) is 0.273. The van der Waals surface area contributed by atoms with Crippen LogP contribution in [0.1, 0.15) is 18.4 Å². The maximum absolute atomic E-state index is 12.4. The van der Waals surface area contributed by atoms with E-state index in [9.17, 15) is 9.59 Å². The first-order valence-electron chi connectivity index (χ1n) is 9.47. The Balaban J connectivity index is 1.58. The Morgan fingerprint density at radius 1 is 1.18 bits per heavy atom. The predicted octanol–water partition coefficient (Wildman–Crippen LogP) is 2.78. The lowest BCUT2D eigenvalue weighted by molar-refractivity contribution is -0.127. The zero-order valence-corrected chi connectivity index (χ0v) is 15.7. The van der Waals surface area contributed by atoms with Crippen molar-refractivity contribution in [3.63, 3.8) is 0 Å². The molecule has 2 aromatic carbocycles. The highest BCUT2D eigenvalue weighted by Crippen LogP contribution is 2.32. The topological polar surface area (TPSA) is 83.2 Å². The van der Waals surface area contributed by atoms with Gasteiger partial charge < -0.3 is 20.4 Å². The molecule has 2 heterocycles. The molecule has 1 aliphatic heterocycles. The molecule has 0 radical (unpaired) electrons. The van der Waals surface area contributed by atoms with Gasteiger partial charge in [0.1, 0.15) is 11.8 Å². The molecule has 1 saturated heterocycles. The molecular weight excluding hydrogens is 354 g/mol. The van der Waals surface area contributed by atoms with Gasteiger partial charge in [-0.1, -0.05) is 18.2 Å². The van der Waals surface area contributed by atoms with Crippen molar-refractivity contribution in [1.29, 1.82) is 0 Å². The van der Waals surface area contributed by atoms with E-state index in [1.54, 1.807) is 7.11 Å². The highest BCUT2D eigenvalue weighted by Gasteiger charge is 2.25. The summed E-state index contributed by atoms with van der Waals surface area (Å²) in [4.78, 5) is 27.5. The van der Waals surface area contributed by atoms with Crippen LogP contribution in [0.2, 0.25) is 0 Å². The van der Waals surface area contributed by atoms with Crippen LogP contribution in [0.15, 0.2) is 48.5 Å². The number of nitrogens with one attached hydrogen (secondary N) is 3. The first-order valence-corrected chi connectivity index (χ1v) is 9.47. The molecule has 1 atom stereocenters. The number of carbonyl (C=O) groups excluding carboxylic acids is 2. The van der Waals surface area contributed by atoms with Gasteiger partial charge in [0.05, 0.1) is 7.11 Å². The molecule has 1 aliphatic rings. The van der Waals surface area contributed by atoms with Gasteiger partial charge in [0.2, 0.25) is 11.8 Å². The summed E-state index contributed by atoms with van der Waals surface area (Å²) in [6.07, 6.45) is 1.56. The highest BCUT2D eigenvalue weighted by molar-refractivity contribution is 5.92. The van der Waals surface area contributed by atoms with E-state index in [0.717, 1.165) is 33.5 Å². The van der Waals surface area contributed by atoms with Crippen LogP contribution in [-0.2, 0) is 16.0 Å². The Morgan fingerprint density at radius 3 is 2.68 bits per heavy atom. The van der Waals surface area contributed by atoms with E-state index in [2.05, 4.69) is 21.7 Å². The summed E-state index contributed by atoms with van der Waals surface area (Å²) in [6, 6.07) is 15.6. The minimum absolute atomic E-state index is 0.0978. The molecule has 0 bridgehead atoms. The number of carbonyl (C=O) groups is 2. The first kappa shape index (κ1) is 18.1. The van der Waals surface area contributed by atoms with Crippen LogP contribution >= 0.6 is 0 Å². The zero-order chi connectivity index (χ0) is 19.5. The number of para-hydroxylation sites is 1. The Labute approximate surface area is 163 Å². The van der Waals surface area contributed by atoms with Crippen molar-refractivity contribution < 1.29 is 14.3 Å². The van der Waals surface area contributed by atoms with E-state index in [0.29, 0.717) is 25.8 Å². The quantitative estimate of drug-likeness (QED) is 0.618. The number of fused-ring (bicyclic) bond motifs is 1. The molecular formula is C22H23N3O3. The van der Waals surface area contributed by atoms with E-state index in [1.165, 1.54) is 0 Å². The van der Waals surface area contributed by atoms with Gasteiger partial charge in [-0.05, 0) is 54.3 Å². The number of ether oxygens (including phenoxy) is 1. The molecule has 0 saturated carbocycles. The monoisotopic (exact) mass is 377 g/mol. The van der Waals surface area contributed by atoms with Gasteiger partial charge >= 0.3 is 0 Å². The molecule has 1 fully saturated rings. The molecule has 0 aliphatic carbocycles. The maximum atomic E-state index is 12.4. The number of rotatable bonds is 6. The van der Waals surface area contributed by atoms with Gasteiger partial charge in [-0.2, -0.15) is 0 Å². The molecule has 3 N–H and O–H groups in total. The molecule has 3 aromatic rings. The number of aromatic nitrogens is 1. The third kappa shape index (κ3) is 3.58. The zero-order valence-electron chi connectivity index (χ0n) is 15.7. The second-order valence-electron chi connectivity index (χ2n) is 6.95. The number of aryl methyl sites for hydroxylation is 1. The molecule has 144 valence electrons. The number of benzene rings is 2. The van der Waals surface area contributed by atoms with Crippen LogP contribution < -0.4 is 15.4 Å². The average molecular weight is 377 g/mol. The standard InChI is InChI=1S/C22H23N3O3/c1-28-15-8-6-14(7-9-15)21-17(16-4-2-3-5-18(16)25-21)10-11-20(26)24-19-12-13-23-22(19)27/h2-9,19,25H,10-13H2,1H3,(H,23,27)(H,24,26). The SMILES string of the molecule is COc1ccc(-c2[nH]c3ccccc3c2CCC(=O)NC2CCNC2=O)cc1. The van der Waals surface area contributed by atoms with Crippen LogP contribution in [0.5, 0.6) is 5.75 Å². The molecule has 1 aromatic heterocycles. The number of methoxy groups -OCH3 is 1. The Hall–Kier alpha value is -3.28. The van der Waals surface area contributed by atoms with Gasteiger partial charge in [0.15, 0.2) is 0 Å². The van der Waals surface area contributed by atoms with E-state index in [4.69, 9.17) is 4.74 Å². The summed E-state index contributed by atoms with van der Waals surface area (Å²) in [5, 5.41) is 6.69. The van der Waals surface area contributed by atoms with Crippen LogP contribution in [0.3, 0.4) is 0 Å². The Kier molecular flexibility index (Phi) is 5.02. The van der Waals surface area contributed by atoms with Crippen LogP contribution in [-0.4, -0.2) is 36.5 Å². The summed E-state index contributed by atoms with van der Waals surface area (Å²) < 4.78 is 5.25. The third-order valence-electron chi connectivity index (χ3n) is 5.18. The van der Waals surface area contributed by atoms with Crippen molar-refractivity contribution in [1.82, 2.24) is 15.6 Å². The van der Waals surface area contributed by atoms with E-state index in [1.807, 2.05) is 42.5 Å². The van der Waals surface area contributed by atoms with Crippen LogP contribution in [0.4, 0.5) is 0 Å². The third-order valence-corrected chi connectivity index (χ3v) is 5.18. The fourth-order valence-electron chi connectivity index (χ4n) is 3.70. The molecule has 2 amide bonds. The van der Waals surface area contributed by atoms with E-state index < -0.39 is 6.04 Å². The highest BCUT2D eigenvalue weighted by atomic mass is 16.5. The molecule has 4 rings (SSSR count). The smallest absolute Gasteiger partial charge is 0.242 e.